The van der Waals surface area contributed by atoms with Crippen molar-refractivity contribution in [1.82, 2.24) is 9.88 Å². The number of thiazole rings is 1. The van der Waals surface area contributed by atoms with E-state index in [4.69, 9.17) is 12.2 Å². The third-order valence-corrected chi connectivity index (χ3v) is 4.97. The first-order chi connectivity index (χ1) is 11.0. The summed E-state index contributed by atoms with van der Waals surface area (Å²) >= 11 is 7.23. The molecule has 0 fully saturated rings. The Kier molecular flexibility index (Phi) is 4.59. The number of para-hydroxylation sites is 1. The van der Waals surface area contributed by atoms with Gasteiger partial charge >= 0.3 is 0 Å². The zero-order valence-electron chi connectivity index (χ0n) is 13.5. The number of aromatic nitrogens is 1. The van der Waals surface area contributed by atoms with E-state index in [1.807, 2.05) is 30.1 Å². The fourth-order valence-electron chi connectivity index (χ4n) is 2.53. The van der Waals surface area contributed by atoms with Crippen molar-refractivity contribution >= 4 is 44.6 Å². The predicted molar refractivity (Wildman–Crippen MR) is 103 cm³/mol. The van der Waals surface area contributed by atoms with Crippen molar-refractivity contribution in [2.75, 3.05) is 12.4 Å². The second-order valence-electron chi connectivity index (χ2n) is 5.74. The Labute approximate surface area is 146 Å². The molecule has 1 N–H and O–H groups in total. The Morgan fingerprint density at radius 1 is 1.17 bits per heavy atom. The van der Waals surface area contributed by atoms with E-state index in [2.05, 4.69) is 48.4 Å². The fraction of sp³-hybridized carbons (Fsp3) is 0.222. The van der Waals surface area contributed by atoms with Crippen LogP contribution in [0.1, 0.15) is 16.1 Å². The van der Waals surface area contributed by atoms with Gasteiger partial charge in [0, 0.05) is 12.7 Å². The van der Waals surface area contributed by atoms with Crippen molar-refractivity contribution < 1.29 is 0 Å². The highest BCUT2D eigenvalue weighted by molar-refractivity contribution is 7.80. The highest BCUT2D eigenvalue weighted by atomic mass is 32.1. The average molecular weight is 342 g/mol. The molecular weight excluding hydrogens is 322 g/mol. The molecule has 0 radical (unpaired) electrons. The van der Waals surface area contributed by atoms with Gasteiger partial charge in [-0.2, -0.15) is 0 Å². The minimum Gasteiger partial charge on any atom is -0.345 e. The molecule has 0 atom stereocenters. The summed E-state index contributed by atoms with van der Waals surface area (Å²) in [5, 5.41) is 5.08. The smallest absolute Gasteiger partial charge is 0.173 e. The number of thiocarbonyl (C=S) groups is 1. The second-order valence-corrected chi connectivity index (χ2v) is 7.24. The highest BCUT2D eigenvalue weighted by Crippen LogP contribution is 2.22. The van der Waals surface area contributed by atoms with Crippen LogP contribution in [0.2, 0.25) is 0 Å². The van der Waals surface area contributed by atoms with Crippen LogP contribution in [0.15, 0.2) is 42.5 Å². The first-order valence-electron chi connectivity index (χ1n) is 7.46. The molecule has 1 heterocycles. The lowest BCUT2D eigenvalue weighted by Gasteiger charge is -2.20. The first kappa shape index (κ1) is 15.9. The average Bonchev–Trinajstić information content (AvgIpc) is 2.88. The third-order valence-electron chi connectivity index (χ3n) is 3.53. The lowest BCUT2D eigenvalue weighted by atomic mass is 10.1. The van der Waals surface area contributed by atoms with Crippen molar-refractivity contribution in [3.8, 4) is 0 Å². The molecule has 3 nitrogen and oxygen atoms in total. The van der Waals surface area contributed by atoms with Crippen LogP contribution in [-0.2, 0) is 6.54 Å². The molecule has 3 rings (SSSR count). The van der Waals surface area contributed by atoms with E-state index < -0.39 is 0 Å². The van der Waals surface area contributed by atoms with Crippen molar-refractivity contribution in [2.45, 2.75) is 20.4 Å². The molecule has 0 aliphatic rings. The number of rotatable bonds is 3. The molecule has 0 spiro atoms. The lowest BCUT2D eigenvalue weighted by molar-refractivity contribution is 0.507. The topological polar surface area (TPSA) is 28.2 Å². The van der Waals surface area contributed by atoms with E-state index in [0.29, 0.717) is 11.7 Å². The summed E-state index contributed by atoms with van der Waals surface area (Å²) in [7, 11) is 1.99. The Morgan fingerprint density at radius 2 is 1.87 bits per heavy atom. The Morgan fingerprint density at radius 3 is 2.57 bits per heavy atom. The summed E-state index contributed by atoms with van der Waals surface area (Å²) in [4.78, 5) is 6.68. The Balaban J connectivity index is 1.69. The summed E-state index contributed by atoms with van der Waals surface area (Å²) in [6, 6.07) is 14.6. The molecule has 1 aromatic heterocycles. The zero-order chi connectivity index (χ0) is 16.4. The summed E-state index contributed by atoms with van der Waals surface area (Å²) in [5.74, 6) is 0. The number of hydrogen-bond acceptors (Lipinski definition) is 3. The van der Waals surface area contributed by atoms with Gasteiger partial charge in [-0.3, -0.25) is 0 Å². The Hall–Kier alpha value is -1.98. The van der Waals surface area contributed by atoms with Crippen LogP contribution in [0, 0.1) is 13.8 Å². The second kappa shape index (κ2) is 6.64. The minimum atomic E-state index is 0.703. The molecule has 0 amide bonds. The third kappa shape index (κ3) is 3.86. The summed E-state index contributed by atoms with van der Waals surface area (Å²) in [6.45, 7) is 4.88. The maximum Gasteiger partial charge on any atom is 0.173 e. The maximum atomic E-state index is 5.52. The van der Waals surface area contributed by atoms with E-state index in [9.17, 15) is 0 Å². The maximum absolute atomic E-state index is 5.52. The van der Waals surface area contributed by atoms with Gasteiger partial charge in [0.2, 0.25) is 0 Å². The van der Waals surface area contributed by atoms with Crippen LogP contribution in [0.5, 0.6) is 0 Å². The molecule has 0 aliphatic heterocycles. The predicted octanol–water partition coefficient (Wildman–Crippen LogP) is 4.74. The Bertz CT molecular complexity index is 801. The monoisotopic (exact) mass is 341 g/mol. The van der Waals surface area contributed by atoms with Gasteiger partial charge in [-0.1, -0.05) is 18.2 Å². The molecule has 0 saturated heterocycles. The molecule has 0 saturated carbocycles. The molecule has 0 aliphatic carbocycles. The summed E-state index contributed by atoms with van der Waals surface area (Å²) in [6.07, 6.45) is 0. The summed E-state index contributed by atoms with van der Waals surface area (Å²) < 4.78 is 1.21. The zero-order valence-corrected chi connectivity index (χ0v) is 15.1. The molecule has 23 heavy (non-hydrogen) atoms. The van der Waals surface area contributed by atoms with Crippen molar-refractivity contribution in [3.05, 3.63) is 58.6 Å². The van der Waals surface area contributed by atoms with Crippen LogP contribution < -0.4 is 5.32 Å². The number of nitrogens with one attached hydrogen (secondary N) is 1. The number of benzene rings is 2. The van der Waals surface area contributed by atoms with Crippen molar-refractivity contribution in [1.29, 1.82) is 0 Å². The molecule has 0 unspecified atom stereocenters. The number of aryl methyl sites for hydroxylation is 2. The van der Waals surface area contributed by atoms with Gasteiger partial charge in [0.05, 0.1) is 16.8 Å². The summed E-state index contributed by atoms with van der Waals surface area (Å²) in [5.41, 5.74) is 4.53. The van der Waals surface area contributed by atoms with Gasteiger partial charge in [-0.05, 0) is 61.5 Å². The molecule has 118 valence electrons. The van der Waals surface area contributed by atoms with Crippen LogP contribution in [-0.4, -0.2) is 22.0 Å². The van der Waals surface area contributed by atoms with Gasteiger partial charge in [0.1, 0.15) is 5.01 Å². The highest BCUT2D eigenvalue weighted by Gasteiger charge is 2.10. The molecule has 5 heteroatoms. The van der Waals surface area contributed by atoms with E-state index in [-0.39, 0.29) is 0 Å². The standard InChI is InChI=1S/C18H19N3S2/c1-12-8-13(2)10-14(9-12)19-18(22)21(3)11-17-20-15-6-4-5-7-16(15)23-17/h4-10H,11H2,1-3H3,(H,19,22). The largest absolute Gasteiger partial charge is 0.345 e. The number of nitrogens with zero attached hydrogens (tertiary/aromatic N) is 2. The number of anilines is 1. The minimum absolute atomic E-state index is 0.703. The van der Waals surface area contributed by atoms with Gasteiger partial charge in [-0.25, -0.2) is 4.98 Å². The SMILES string of the molecule is Cc1cc(C)cc(NC(=S)N(C)Cc2nc3ccccc3s2)c1. The van der Waals surface area contributed by atoms with Gasteiger partial charge in [0.15, 0.2) is 5.11 Å². The fourth-order valence-corrected chi connectivity index (χ4v) is 3.73. The van der Waals surface area contributed by atoms with Crippen molar-refractivity contribution in [3.63, 3.8) is 0 Å². The van der Waals surface area contributed by atoms with Gasteiger partial charge in [0.25, 0.3) is 0 Å². The first-order valence-corrected chi connectivity index (χ1v) is 8.68. The van der Waals surface area contributed by atoms with Crippen molar-refractivity contribution in [2.24, 2.45) is 0 Å². The van der Waals surface area contributed by atoms with Crippen LogP contribution in [0.3, 0.4) is 0 Å². The normalized spacial score (nSPS) is 10.7. The molecule has 0 bridgehead atoms. The van der Waals surface area contributed by atoms with E-state index >= 15 is 0 Å². The quantitative estimate of drug-likeness (QED) is 0.696. The van der Waals surface area contributed by atoms with Gasteiger partial charge in [-0.15, -0.1) is 11.3 Å². The van der Waals surface area contributed by atoms with Crippen LogP contribution in [0.25, 0.3) is 10.2 Å². The van der Waals surface area contributed by atoms with E-state index in [1.54, 1.807) is 11.3 Å². The van der Waals surface area contributed by atoms with Crippen LogP contribution >= 0.6 is 23.6 Å². The number of fused-ring (bicyclic) bond motifs is 1. The van der Waals surface area contributed by atoms with E-state index in [1.165, 1.54) is 15.8 Å². The lowest BCUT2D eigenvalue weighted by Crippen LogP contribution is -2.30. The van der Waals surface area contributed by atoms with Crippen LogP contribution in [0.4, 0.5) is 5.69 Å². The van der Waals surface area contributed by atoms with E-state index in [0.717, 1.165) is 16.2 Å². The molecular formula is C18H19N3S2. The number of hydrogen-bond donors (Lipinski definition) is 1. The molecule has 2 aromatic carbocycles. The molecule has 3 aromatic rings. The van der Waals surface area contributed by atoms with Gasteiger partial charge < -0.3 is 10.2 Å².